The van der Waals surface area contributed by atoms with E-state index in [2.05, 4.69) is 10.1 Å². The molecule has 1 aliphatic heterocycles. The standard InChI is InChI=1S/C20H24N4O3/c1-13-12-24(23-19(13)15-6-4-5-7-16(15)25)20(21)22-11-14-8-9-17(26-2)18(10-14)27-3/h4-10,13,25H,11-12H2,1-3H3,(H2,21,22). The highest BCUT2D eigenvalue weighted by atomic mass is 16.5. The number of methoxy groups -OCH3 is 2. The maximum absolute atomic E-state index is 10.1. The number of hydrogen-bond donors (Lipinski definition) is 2. The minimum atomic E-state index is 0.133. The van der Waals surface area contributed by atoms with Crippen molar-refractivity contribution in [3.8, 4) is 17.2 Å². The van der Waals surface area contributed by atoms with Crippen molar-refractivity contribution in [1.82, 2.24) is 5.01 Å². The van der Waals surface area contributed by atoms with Crippen LogP contribution in [0, 0.1) is 5.92 Å². The first kappa shape index (κ1) is 18.6. The number of nitrogens with two attached hydrogens (primary N) is 1. The molecule has 0 fully saturated rings. The molecule has 7 heteroatoms. The lowest BCUT2D eigenvalue weighted by Gasteiger charge is -2.13. The van der Waals surface area contributed by atoms with E-state index in [0.717, 1.165) is 16.8 Å². The Balaban J connectivity index is 1.76. The molecule has 142 valence electrons. The number of rotatable bonds is 5. The van der Waals surface area contributed by atoms with E-state index in [1.807, 2.05) is 37.3 Å². The molecule has 1 atom stereocenters. The van der Waals surface area contributed by atoms with E-state index >= 15 is 0 Å². The van der Waals surface area contributed by atoms with E-state index in [9.17, 15) is 5.11 Å². The predicted octanol–water partition coefficient (Wildman–Crippen LogP) is 2.58. The van der Waals surface area contributed by atoms with Crippen molar-refractivity contribution in [2.75, 3.05) is 20.8 Å². The second-order valence-corrected chi connectivity index (χ2v) is 6.35. The minimum Gasteiger partial charge on any atom is -0.507 e. The fraction of sp³-hybridized carbons (Fsp3) is 0.300. The van der Waals surface area contributed by atoms with Crippen LogP contribution in [-0.2, 0) is 6.54 Å². The van der Waals surface area contributed by atoms with E-state index < -0.39 is 0 Å². The molecular weight excluding hydrogens is 344 g/mol. The van der Waals surface area contributed by atoms with Crippen molar-refractivity contribution >= 4 is 11.7 Å². The van der Waals surface area contributed by atoms with Gasteiger partial charge in [0.25, 0.3) is 0 Å². The molecule has 0 aliphatic carbocycles. The van der Waals surface area contributed by atoms with Crippen LogP contribution in [0.25, 0.3) is 0 Å². The van der Waals surface area contributed by atoms with Gasteiger partial charge < -0.3 is 20.3 Å². The van der Waals surface area contributed by atoms with Gasteiger partial charge in [0.2, 0.25) is 5.96 Å². The van der Waals surface area contributed by atoms with Crippen LogP contribution in [0.3, 0.4) is 0 Å². The highest BCUT2D eigenvalue weighted by Gasteiger charge is 2.27. The van der Waals surface area contributed by atoms with Gasteiger partial charge in [-0.3, -0.25) is 0 Å². The van der Waals surface area contributed by atoms with Gasteiger partial charge in [-0.25, -0.2) is 10.0 Å². The monoisotopic (exact) mass is 368 g/mol. The molecule has 3 N–H and O–H groups in total. The zero-order valence-electron chi connectivity index (χ0n) is 15.7. The molecule has 7 nitrogen and oxygen atoms in total. The number of phenolic OH excluding ortho intramolecular Hbond substituents is 1. The number of nitrogens with zero attached hydrogens (tertiary/aromatic N) is 3. The molecule has 0 radical (unpaired) electrons. The molecule has 3 rings (SSSR count). The third kappa shape index (κ3) is 3.97. The van der Waals surface area contributed by atoms with E-state index in [1.165, 1.54) is 0 Å². The normalized spacial score (nSPS) is 17.0. The summed E-state index contributed by atoms with van der Waals surface area (Å²) in [5, 5.41) is 16.3. The van der Waals surface area contributed by atoms with Crippen molar-refractivity contribution in [3.63, 3.8) is 0 Å². The lowest BCUT2D eigenvalue weighted by atomic mass is 9.99. The molecule has 0 spiro atoms. The Bertz CT molecular complexity index is 879. The first-order valence-electron chi connectivity index (χ1n) is 8.68. The first-order valence-corrected chi connectivity index (χ1v) is 8.68. The summed E-state index contributed by atoms with van der Waals surface area (Å²) in [6, 6.07) is 12.8. The second kappa shape index (κ2) is 7.99. The molecule has 0 aromatic heterocycles. The van der Waals surface area contributed by atoms with Gasteiger partial charge in [0.15, 0.2) is 11.5 Å². The molecule has 0 saturated carbocycles. The summed E-state index contributed by atoms with van der Waals surface area (Å²) < 4.78 is 10.6. The van der Waals surface area contributed by atoms with Crippen molar-refractivity contribution in [2.45, 2.75) is 13.5 Å². The zero-order valence-corrected chi connectivity index (χ0v) is 15.7. The molecule has 0 amide bonds. The van der Waals surface area contributed by atoms with Crippen LogP contribution in [0.15, 0.2) is 52.6 Å². The number of hydrogen-bond acceptors (Lipinski definition) is 5. The zero-order chi connectivity index (χ0) is 19.4. The average Bonchev–Trinajstić information content (AvgIpc) is 3.07. The van der Waals surface area contributed by atoms with Crippen LogP contribution >= 0.6 is 0 Å². The number of benzene rings is 2. The number of hydrazone groups is 1. The van der Waals surface area contributed by atoms with Crippen LogP contribution in [0.4, 0.5) is 0 Å². The Hall–Kier alpha value is -3.22. The first-order chi connectivity index (χ1) is 13.0. The summed E-state index contributed by atoms with van der Waals surface area (Å²) in [5.74, 6) is 2.00. The van der Waals surface area contributed by atoms with Crippen molar-refractivity contribution in [2.24, 2.45) is 21.7 Å². The Morgan fingerprint density at radius 3 is 2.67 bits per heavy atom. The van der Waals surface area contributed by atoms with E-state index in [4.69, 9.17) is 15.2 Å². The van der Waals surface area contributed by atoms with E-state index in [1.54, 1.807) is 31.4 Å². The number of phenols is 1. The van der Waals surface area contributed by atoms with E-state index in [0.29, 0.717) is 30.5 Å². The predicted molar refractivity (Wildman–Crippen MR) is 105 cm³/mol. The summed E-state index contributed by atoms with van der Waals surface area (Å²) in [6.07, 6.45) is 0. The smallest absolute Gasteiger partial charge is 0.212 e. The topological polar surface area (TPSA) is 92.7 Å². The molecule has 2 aromatic rings. The van der Waals surface area contributed by atoms with Gasteiger partial charge in [0.1, 0.15) is 5.75 Å². The summed E-state index contributed by atoms with van der Waals surface area (Å²) in [7, 11) is 3.20. The third-order valence-electron chi connectivity index (χ3n) is 4.46. The van der Waals surface area contributed by atoms with Crippen molar-refractivity contribution < 1.29 is 14.6 Å². The quantitative estimate of drug-likeness (QED) is 0.625. The van der Waals surface area contributed by atoms with Gasteiger partial charge in [0, 0.05) is 11.5 Å². The van der Waals surface area contributed by atoms with Crippen molar-refractivity contribution in [3.05, 3.63) is 53.6 Å². The summed E-state index contributed by atoms with van der Waals surface area (Å²) in [5.41, 5.74) is 8.62. The molecule has 2 aromatic carbocycles. The summed E-state index contributed by atoms with van der Waals surface area (Å²) in [4.78, 5) is 4.45. The largest absolute Gasteiger partial charge is 0.507 e. The van der Waals surface area contributed by atoms with Gasteiger partial charge >= 0.3 is 0 Å². The maximum atomic E-state index is 10.1. The van der Waals surface area contributed by atoms with Gasteiger partial charge in [0.05, 0.1) is 33.0 Å². The SMILES string of the molecule is COc1ccc(CN=C(N)N2CC(C)C(c3ccccc3O)=N2)cc1OC. The highest BCUT2D eigenvalue weighted by molar-refractivity contribution is 6.06. The van der Waals surface area contributed by atoms with Crippen LogP contribution < -0.4 is 15.2 Å². The molecule has 27 heavy (non-hydrogen) atoms. The second-order valence-electron chi connectivity index (χ2n) is 6.35. The molecular formula is C20H24N4O3. The minimum absolute atomic E-state index is 0.133. The number of ether oxygens (including phenoxy) is 2. The maximum Gasteiger partial charge on any atom is 0.212 e. The Morgan fingerprint density at radius 2 is 1.96 bits per heavy atom. The summed E-state index contributed by atoms with van der Waals surface area (Å²) >= 11 is 0. The molecule has 1 heterocycles. The van der Waals surface area contributed by atoms with Crippen LogP contribution in [0.1, 0.15) is 18.1 Å². The number of para-hydroxylation sites is 1. The Labute approximate surface area is 158 Å². The highest BCUT2D eigenvalue weighted by Crippen LogP contribution is 2.28. The van der Waals surface area contributed by atoms with Gasteiger partial charge in [-0.2, -0.15) is 5.10 Å². The lowest BCUT2D eigenvalue weighted by molar-refractivity contribution is 0.354. The van der Waals surface area contributed by atoms with Gasteiger partial charge in [-0.05, 0) is 29.8 Å². The van der Waals surface area contributed by atoms with Gasteiger partial charge in [-0.15, -0.1) is 0 Å². The number of aliphatic imine (C=N–C) groups is 1. The molecule has 1 unspecified atom stereocenters. The fourth-order valence-corrected chi connectivity index (χ4v) is 3.00. The number of aromatic hydroxyl groups is 1. The van der Waals surface area contributed by atoms with Gasteiger partial charge in [-0.1, -0.05) is 25.1 Å². The third-order valence-corrected chi connectivity index (χ3v) is 4.46. The summed E-state index contributed by atoms with van der Waals surface area (Å²) in [6.45, 7) is 3.07. The van der Waals surface area contributed by atoms with E-state index in [-0.39, 0.29) is 11.7 Å². The van der Waals surface area contributed by atoms with Crippen LogP contribution in [0.2, 0.25) is 0 Å². The number of guanidine groups is 1. The Morgan fingerprint density at radius 1 is 1.22 bits per heavy atom. The molecule has 0 saturated heterocycles. The van der Waals surface area contributed by atoms with Crippen molar-refractivity contribution in [1.29, 1.82) is 0 Å². The lowest BCUT2D eigenvalue weighted by Crippen LogP contribution is -2.32. The van der Waals surface area contributed by atoms with Crippen LogP contribution in [0.5, 0.6) is 17.2 Å². The molecule has 1 aliphatic rings. The fourth-order valence-electron chi connectivity index (χ4n) is 3.00. The van der Waals surface area contributed by atoms with Crippen LogP contribution in [-0.4, -0.2) is 42.6 Å². The average molecular weight is 368 g/mol. The Kier molecular flexibility index (Phi) is 5.49. The molecule has 0 bridgehead atoms.